The highest BCUT2D eigenvalue weighted by molar-refractivity contribution is 5.89. The molecule has 1 aliphatic heterocycles. The lowest BCUT2D eigenvalue weighted by molar-refractivity contribution is 0.0630. The van der Waals surface area contributed by atoms with Gasteiger partial charge < -0.3 is 24.6 Å². The minimum absolute atomic E-state index is 0.0243. The first-order valence-corrected chi connectivity index (χ1v) is 9.32. The van der Waals surface area contributed by atoms with E-state index in [0.29, 0.717) is 24.3 Å². The number of hydrogen-bond donors (Lipinski definition) is 3. The second-order valence-electron chi connectivity index (χ2n) is 7.55. The Morgan fingerprint density at radius 3 is 2.61 bits per heavy atom. The van der Waals surface area contributed by atoms with Crippen molar-refractivity contribution in [1.82, 2.24) is 4.90 Å². The number of phenolic OH excluding ortho intramolecular Hbond substituents is 2. The van der Waals surface area contributed by atoms with Gasteiger partial charge in [0.05, 0.1) is 6.10 Å². The Hall–Kier alpha value is -2.83. The Kier molecular flexibility index (Phi) is 4.61. The average Bonchev–Trinajstić information content (AvgIpc) is 2.63. The van der Waals surface area contributed by atoms with Gasteiger partial charge in [0, 0.05) is 35.7 Å². The summed E-state index contributed by atoms with van der Waals surface area (Å²) < 4.78 is 6.09. The predicted molar refractivity (Wildman–Crippen MR) is 107 cm³/mol. The van der Waals surface area contributed by atoms with Crippen LogP contribution >= 0.6 is 0 Å². The molecular formula is C22H23NO5. The minimum atomic E-state index is -0.718. The fraction of sp³-hybridized carbons (Fsp3) is 0.318. The maximum Gasteiger partial charge on any atom is 0.197 e. The quantitative estimate of drug-likeness (QED) is 0.632. The minimum Gasteiger partial charge on any atom is -0.507 e. The number of rotatable bonds is 2. The van der Waals surface area contributed by atoms with E-state index in [1.54, 1.807) is 0 Å². The van der Waals surface area contributed by atoms with Crippen molar-refractivity contribution in [3.05, 3.63) is 57.7 Å². The van der Waals surface area contributed by atoms with E-state index in [2.05, 4.69) is 0 Å². The Labute approximate surface area is 162 Å². The van der Waals surface area contributed by atoms with Crippen molar-refractivity contribution in [2.75, 3.05) is 20.1 Å². The third-order valence-electron chi connectivity index (χ3n) is 5.56. The van der Waals surface area contributed by atoms with Gasteiger partial charge in [0.15, 0.2) is 5.43 Å². The standard InChI is InChI=1S/C22H23NO5/c1-12-5-3-4-6-13(12)19-10-17(26)21-16(25)9-15(24)20(22(21)28-19)14-7-8-23(2)11-18(14)27/h3-6,9-10,14,18,24-25,27H,7-8,11H2,1-2H3/t14-,18+/m0/s1. The topological polar surface area (TPSA) is 94.1 Å². The Bertz CT molecular complexity index is 1100. The van der Waals surface area contributed by atoms with Gasteiger partial charge in [0.1, 0.15) is 28.2 Å². The molecule has 0 radical (unpaired) electrons. The van der Waals surface area contributed by atoms with Crippen LogP contribution in [0.15, 0.2) is 45.6 Å². The number of likely N-dealkylation sites (N-methyl/N-ethyl adjacent to an activating group) is 1. The number of aliphatic hydroxyl groups excluding tert-OH is 1. The highest BCUT2D eigenvalue weighted by Crippen LogP contribution is 2.42. The Balaban J connectivity index is 2.00. The van der Waals surface area contributed by atoms with Gasteiger partial charge in [-0.1, -0.05) is 24.3 Å². The summed E-state index contributed by atoms with van der Waals surface area (Å²) >= 11 is 0. The SMILES string of the molecule is Cc1ccccc1-c1cc(=O)c2c(O)cc(O)c([C@H]3CCN(C)C[C@H]3O)c2o1. The third-order valence-corrected chi connectivity index (χ3v) is 5.56. The van der Waals surface area contributed by atoms with Gasteiger partial charge in [0.2, 0.25) is 0 Å². The molecule has 1 fully saturated rings. The highest BCUT2D eigenvalue weighted by atomic mass is 16.3. The van der Waals surface area contributed by atoms with Crippen molar-refractivity contribution in [3.63, 3.8) is 0 Å². The molecule has 0 unspecified atom stereocenters. The summed E-state index contributed by atoms with van der Waals surface area (Å²) in [5, 5.41) is 31.5. The van der Waals surface area contributed by atoms with Crippen LogP contribution in [0.25, 0.3) is 22.3 Å². The monoisotopic (exact) mass is 381 g/mol. The van der Waals surface area contributed by atoms with E-state index >= 15 is 0 Å². The largest absolute Gasteiger partial charge is 0.507 e. The average molecular weight is 381 g/mol. The molecule has 4 rings (SSSR count). The normalized spacial score (nSPS) is 20.5. The first kappa shape index (κ1) is 18.5. The molecule has 6 nitrogen and oxygen atoms in total. The predicted octanol–water partition coefficient (Wildman–Crippen LogP) is 2.96. The van der Waals surface area contributed by atoms with Crippen molar-refractivity contribution in [3.8, 4) is 22.8 Å². The molecule has 0 spiro atoms. The molecule has 28 heavy (non-hydrogen) atoms. The molecule has 6 heteroatoms. The zero-order chi connectivity index (χ0) is 20.0. The zero-order valence-corrected chi connectivity index (χ0v) is 15.8. The molecule has 2 aromatic carbocycles. The first-order valence-electron chi connectivity index (χ1n) is 9.32. The molecule has 2 heterocycles. The van der Waals surface area contributed by atoms with Crippen LogP contribution in [-0.2, 0) is 0 Å². The molecule has 3 N–H and O–H groups in total. The van der Waals surface area contributed by atoms with E-state index in [1.807, 2.05) is 43.1 Å². The van der Waals surface area contributed by atoms with Crippen molar-refractivity contribution in [1.29, 1.82) is 0 Å². The lowest BCUT2D eigenvalue weighted by atomic mass is 9.85. The molecule has 1 aromatic heterocycles. The first-order chi connectivity index (χ1) is 13.4. The van der Waals surface area contributed by atoms with Gasteiger partial charge in [-0.3, -0.25) is 4.79 Å². The van der Waals surface area contributed by atoms with Crippen molar-refractivity contribution in [2.45, 2.75) is 25.4 Å². The van der Waals surface area contributed by atoms with Crippen LogP contribution in [0.3, 0.4) is 0 Å². The second-order valence-corrected chi connectivity index (χ2v) is 7.55. The molecule has 0 aliphatic carbocycles. The summed E-state index contributed by atoms with van der Waals surface area (Å²) in [6.45, 7) is 3.11. The number of phenols is 2. The summed E-state index contributed by atoms with van der Waals surface area (Å²) in [6, 6.07) is 10.0. The van der Waals surface area contributed by atoms with Crippen LogP contribution in [0.4, 0.5) is 0 Å². The van der Waals surface area contributed by atoms with E-state index < -0.39 is 12.0 Å². The van der Waals surface area contributed by atoms with E-state index in [-0.39, 0.29) is 27.9 Å². The molecular weight excluding hydrogens is 358 g/mol. The van der Waals surface area contributed by atoms with E-state index in [9.17, 15) is 20.1 Å². The summed E-state index contributed by atoms with van der Waals surface area (Å²) in [7, 11) is 1.92. The summed E-state index contributed by atoms with van der Waals surface area (Å²) in [5.74, 6) is -0.536. The fourth-order valence-corrected chi connectivity index (χ4v) is 4.09. The van der Waals surface area contributed by atoms with Crippen molar-refractivity contribution in [2.24, 2.45) is 0 Å². The van der Waals surface area contributed by atoms with Crippen LogP contribution in [0.2, 0.25) is 0 Å². The van der Waals surface area contributed by atoms with Gasteiger partial charge >= 0.3 is 0 Å². The van der Waals surface area contributed by atoms with E-state index in [0.717, 1.165) is 23.7 Å². The lowest BCUT2D eigenvalue weighted by Crippen LogP contribution is -2.40. The molecule has 1 saturated heterocycles. The number of β-amino-alcohol motifs (C(OH)–C–C–N with tert-alkyl or cyclic N) is 1. The Morgan fingerprint density at radius 2 is 1.89 bits per heavy atom. The molecule has 0 amide bonds. The van der Waals surface area contributed by atoms with Crippen LogP contribution in [0, 0.1) is 6.92 Å². The van der Waals surface area contributed by atoms with Crippen LogP contribution in [0.1, 0.15) is 23.5 Å². The van der Waals surface area contributed by atoms with Gasteiger partial charge in [0.25, 0.3) is 0 Å². The number of aryl methyl sites for hydroxylation is 1. The number of piperidine rings is 1. The number of benzene rings is 2. The van der Waals surface area contributed by atoms with Gasteiger partial charge in [-0.2, -0.15) is 0 Å². The van der Waals surface area contributed by atoms with Crippen molar-refractivity contribution >= 4 is 11.0 Å². The summed E-state index contributed by atoms with van der Waals surface area (Å²) in [6.07, 6.45) is -0.117. The molecule has 3 aromatic rings. The van der Waals surface area contributed by atoms with Crippen LogP contribution in [-0.4, -0.2) is 46.5 Å². The maximum atomic E-state index is 12.8. The second kappa shape index (κ2) is 6.96. The van der Waals surface area contributed by atoms with Crippen molar-refractivity contribution < 1.29 is 19.7 Å². The number of aromatic hydroxyl groups is 2. The number of hydrogen-bond acceptors (Lipinski definition) is 6. The summed E-state index contributed by atoms with van der Waals surface area (Å²) in [4.78, 5) is 14.8. The molecule has 2 atom stereocenters. The zero-order valence-electron chi connectivity index (χ0n) is 15.8. The highest BCUT2D eigenvalue weighted by Gasteiger charge is 2.33. The van der Waals surface area contributed by atoms with Crippen LogP contribution in [0.5, 0.6) is 11.5 Å². The van der Waals surface area contributed by atoms with Gasteiger partial charge in [-0.05, 0) is 32.5 Å². The van der Waals surface area contributed by atoms with Crippen LogP contribution < -0.4 is 5.43 Å². The van der Waals surface area contributed by atoms with E-state index in [4.69, 9.17) is 4.42 Å². The number of nitrogens with zero attached hydrogens (tertiary/aromatic N) is 1. The molecule has 0 bridgehead atoms. The molecule has 146 valence electrons. The molecule has 1 aliphatic rings. The Morgan fingerprint density at radius 1 is 1.14 bits per heavy atom. The third kappa shape index (κ3) is 3.04. The number of likely N-dealkylation sites (tertiary alicyclic amines) is 1. The maximum absolute atomic E-state index is 12.8. The number of fused-ring (bicyclic) bond motifs is 1. The van der Waals surface area contributed by atoms with Gasteiger partial charge in [-0.25, -0.2) is 0 Å². The van der Waals surface area contributed by atoms with Gasteiger partial charge in [-0.15, -0.1) is 0 Å². The number of aliphatic hydroxyl groups is 1. The smallest absolute Gasteiger partial charge is 0.197 e. The lowest BCUT2D eigenvalue weighted by Gasteiger charge is -2.34. The van der Waals surface area contributed by atoms with E-state index in [1.165, 1.54) is 6.07 Å². The summed E-state index contributed by atoms with van der Waals surface area (Å²) in [5.41, 5.74) is 1.83. The fourth-order valence-electron chi connectivity index (χ4n) is 4.09. The molecule has 0 saturated carbocycles.